The molecule has 2 unspecified atom stereocenters. The molecule has 7 nitrogen and oxygen atoms in total. The molecule has 0 spiro atoms. The second-order valence-electron chi connectivity index (χ2n) is 6.59. The van der Waals surface area contributed by atoms with E-state index < -0.39 is 30.0 Å². The highest BCUT2D eigenvalue weighted by molar-refractivity contribution is 6.00. The summed E-state index contributed by atoms with van der Waals surface area (Å²) in [6.07, 6.45) is -5.05. The van der Waals surface area contributed by atoms with E-state index in [0.29, 0.717) is 23.1 Å². The number of hydrogen-bond donors (Lipinski definition) is 3. The van der Waals surface area contributed by atoms with Crippen molar-refractivity contribution < 1.29 is 27.9 Å². The highest BCUT2D eigenvalue weighted by Crippen LogP contribution is 2.37. The quantitative estimate of drug-likeness (QED) is 0.689. The number of hydrogen-bond acceptors (Lipinski definition) is 5. The van der Waals surface area contributed by atoms with Crippen LogP contribution in [0.3, 0.4) is 0 Å². The van der Waals surface area contributed by atoms with Gasteiger partial charge in [-0.2, -0.15) is 18.3 Å². The van der Waals surface area contributed by atoms with Crippen LogP contribution in [0, 0.1) is 0 Å². The number of benzene rings is 1. The molecular formula is C17H15F3N4O3. The van der Waals surface area contributed by atoms with Gasteiger partial charge in [-0.15, -0.1) is 0 Å². The minimum Gasteiger partial charge on any atom is -0.374 e. The van der Waals surface area contributed by atoms with E-state index in [-0.39, 0.29) is 24.6 Å². The van der Waals surface area contributed by atoms with Gasteiger partial charge in [0.15, 0.2) is 0 Å². The van der Waals surface area contributed by atoms with Gasteiger partial charge in [0.05, 0.1) is 11.7 Å². The zero-order valence-corrected chi connectivity index (χ0v) is 13.9. The average molecular weight is 380 g/mol. The Kier molecular flexibility index (Phi) is 4.04. The van der Waals surface area contributed by atoms with Gasteiger partial charge in [-0.1, -0.05) is 12.1 Å². The molecular weight excluding hydrogens is 365 g/mol. The lowest BCUT2D eigenvalue weighted by atomic mass is 10.0. The average Bonchev–Trinajstić information content (AvgIpc) is 3.20. The minimum absolute atomic E-state index is 0.138. The normalized spacial score (nSPS) is 23.4. The van der Waals surface area contributed by atoms with Crippen LogP contribution in [0.15, 0.2) is 24.3 Å². The van der Waals surface area contributed by atoms with E-state index in [1.807, 2.05) is 5.10 Å². The number of piperidine rings is 1. The molecule has 2 aliphatic heterocycles. The van der Waals surface area contributed by atoms with E-state index in [0.717, 1.165) is 6.07 Å². The second-order valence-corrected chi connectivity index (χ2v) is 6.59. The first-order valence-corrected chi connectivity index (χ1v) is 8.27. The number of nitrogens with one attached hydrogen (secondary N) is 2. The van der Waals surface area contributed by atoms with Gasteiger partial charge in [0, 0.05) is 18.5 Å². The number of H-pyrrole nitrogens is 1. The van der Waals surface area contributed by atoms with Gasteiger partial charge in [-0.25, -0.2) is 0 Å². The molecule has 1 fully saturated rings. The van der Waals surface area contributed by atoms with E-state index in [9.17, 15) is 27.9 Å². The SMILES string of the molecule is O=C1CCC(N2Cc3cc(-c4cc(C(F)(F)F)[nH]n4)ccc3C2O)C(=O)N1. The number of aromatic nitrogens is 2. The van der Waals surface area contributed by atoms with Crippen molar-refractivity contribution in [1.29, 1.82) is 0 Å². The van der Waals surface area contributed by atoms with Gasteiger partial charge in [0.25, 0.3) is 0 Å². The van der Waals surface area contributed by atoms with Crippen LogP contribution in [0.4, 0.5) is 13.2 Å². The molecule has 0 bridgehead atoms. The van der Waals surface area contributed by atoms with Gasteiger partial charge < -0.3 is 5.11 Å². The number of aromatic amines is 1. The van der Waals surface area contributed by atoms with Crippen LogP contribution >= 0.6 is 0 Å². The first-order chi connectivity index (χ1) is 12.7. The number of alkyl halides is 3. The Hall–Kier alpha value is -2.72. The molecule has 0 aliphatic carbocycles. The molecule has 1 aromatic heterocycles. The fourth-order valence-corrected chi connectivity index (χ4v) is 3.51. The summed E-state index contributed by atoms with van der Waals surface area (Å²) in [6.45, 7) is 0.243. The number of rotatable bonds is 2. The van der Waals surface area contributed by atoms with Gasteiger partial charge in [0.2, 0.25) is 11.8 Å². The maximum atomic E-state index is 12.7. The number of halogens is 3. The van der Waals surface area contributed by atoms with E-state index in [2.05, 4.69) is 10.4 Å². The molecule has 0 radical (unpaired) electrons. The molecule has 1 saturated heterocycles. The standard InChI is InChI=1S/C17H15F3N4O3/c18-17(19,20)13-6-11(22-23-13)8-1-2-10-9(5-8)7-24(16(10)27)12-3-4-14(25)21-15(12)26/h1-2,5-6,12,16,27H,3-4,7H2,(H,22,23)(H,21,25,26). The molecule has 142 valence electrons. The zero-order chi connectivity index (χ0) is 19.3. The predicted octanol–water partition coefficient (Wildman–Crippen LogP) is 1.71. The Labute approximate surface area is 151 Å². The summed E-state index contributed by atoms with van der Waals surface area (Å²) < 4.78 is 38.2. The largest absolute Gasteiger partial charge is 0.432 e. The van der Waals surface area contributed by atoms with Crippen LogP contribution in [-0.2, 0) is 22.3 Å². The topological polar surface area (TPSA) is 98.3 Å². The van der Waals surface area contributed by atoms with E-state index in [4.69, 9.17) is 0 Å². The van der Waals surface area contributed by atoms with E-state index in [1.54, 1.807) is 23.1 Å². The number of fused-ring (bicyclic) bond motifs is 1. The van der Waals surface area contributed by atoms with Crippen LogP contribution in [0.2, 0.25) is 0 Å². The van der Waals surface area contributed by atoms with Crippen molar-refractivity contribution in [3.63, 3.8) is 0 Å². The lowest BCUT2D eigenvalue weighted by Crippen LogP contribution is -2.51. The Balaban J connectivity index is 1.59. The molecule has 27 heavy (non-hydrogen) atoms. The Morgan fingerprint density at radius 2 is 2.00 bits per heavy atom. The molecule has 4 rings (SSSR count). The van der Waals surface area contributed by atoms with E-state index in [1.165, 1.54) is 0 Å². The molecule has 2 amide bonds. The molecule has 2 aliphatic rings. The molecule has 2 atom stereocenters. The maximum Gasteiger partial charge on any atom is 0.432 e. The summed E-state index contributed by atoms with van der Waals surface area (Å²) in [5, 5.41) is 18.5. The number of carbonyl (C=O) groups is 2. The van der Waals surface area contributed by atoms with Gasteiger partial charge >= 0.3 is 6.18 Å². The van der Waals surface area contributed by atoms with E-state index >= 15 is 0 Å². The van der Waals surface area contributed by atoms with Crippen LogP contribution in [0.1, 0.15) is 35.9 Å². The third-order valence-corrected chi connectivity index (χ3v) is 4.88. The summed E-state index contributed by atoms with van der Waals surface area (Å²) in [5.74, 6) is -0.802. The third kappa shape index (κ3) is 3.10. The highest BCUT2D eigenvalue weighted by Gasteiger charge is 2.40. The van der Waals surface area contributed by atoms with Crippen molar-refractivity contribution in [2.75, 3.05) is 0 Å². The summed E-state index contributed by atoms with van der Waals surface area (Å²) in [6, 6.07) is 5.12. The van der Waals surface area contributed by atoms with Gasteiger partial charge in [0.1, 0.15) is 11.9 Å². The first kappa shape index (κ1) is 17.7. The number of nitrogens with zero attached hydrogens (tertiary/aromatic N) is 2. The summed E-state index contributed by atoms with van der Waals surface area (Å²) in [5.41, 5.74) is 0.941. The van der Waals surface area contributed by atoms with Crippen LogP contribution in [-0.4, -0.2) is 38.1 Å². The lowest BCUT2D eigenvalue weighted by molar-refractivity contribution is -0.142. The van der Waals surface area contributed by atoms with Crippen LogP contribution in [0.25, 0.3) is 11.3 Å². The maximum absolute atomic E-state index is 12.7. The van der Waals surface area contributed by atoms with Crippen molar-refractivity contribution in [3.05, 3.63) is 41.1 Å². The Bertz CT molecular complexity index is 924. The lowest BCUT2D eigenvalue weighted by Gasteiger charge is -2.31. The summed E-state index contributed by atoms with van der Waals surface area (Å²) in [4.78, 5) is 24.9. The minimum atomic E-state index is -4.51. The van der Waals surface area contributed by atoms with Gasteiger partial charge in [-0.3, -0.25) is 24.9 Å². The molecule has 0 saturated carbocycles. The monoisotopic (exact) mass is 380 g/mol. The molecule has 2 aromatic rings. The molecule has 1 aromatic carbocycles. The van der Waals surface area contributed by atoms with Crippen molar-refractivity contribution in [3.8, 4) is 11.3 Å². The number of aliphatic hydroxyl groups excluding tert-OH is 1. The van der Waals surface area contributed by atoms with Crippen LogP contribution in [0.5, 0.6) is 0 Å². The number of amides is 2. The molecule has 10 heteroatoms. The highest BCUT2D eigenvalue weighted by atomic mass is 19.4. The Morgan fingerprint density at radius 3 is 2.67 bits per heavy atom. The Morgan fingerprint density at radius 1 is 1.22 bits per heavy atom. The van der Waals surface area contributed by atoms with Crippen molar-refractivity contribution in [2.45, 2.75) is 37.8 Å². The van der Waals surface area contributed by atoms with Crippen molar-refractivity contribution >= 4 is 11.8 Å². The summed E-state index contributed by atoms with van der Waals surface area (Å²) >= 11 is 0. The van der Waals surface area contributed by atoms with Crippen LogP contribution < -0.4 is 5.32 Å². The number of aliphatic hydroxyl groups is 1. The van der Waals surface area contributed by atoms with Gasteiger partial charge in [-0.05, 0) is 29.7 Å². The van der Waals surface area contributed by atoms with Crippen molar-refractivity contribution in [1.82, 2.24) is 20.4 Å². The smallest absolute Gasteiger partial charge is 0.374 e. The summed E-state index contributed by atoms with van der Waals surface area (Å²) in [7, 11) is 0. The fourth-order valence-electron chi connectivity index (χ4n) is 3.51. The van der Waals surface area contributed by atoms with Crippen molar-refractivity contribution in [2.24, 2.45) is 0 Å². The third-order valence-electron chi connectivity index (χ3n) is 4.88. The zero-order valence-electron chi connectivity index (χ0n) is 13.9. The second kappa shape index (κ2) is 6.17. The fraction of sp³-hybridized carbons (Fsp3) is 0.353. The molecule has 3 N–H and O–H groups in total. The number of imide groups is 1. The number of carbonyl (C=O) groups excluding carboxylic acids is 2. The predicted molar refractivity (Wildman–Crippen MR) is 85.7 cm³/mol. The molecule has 3 heterocycles. The first-order valence-electron chi connectivity index (χ1n) is 8.27.